The number of aromatic nitrogens is 1. The molecule has 1 spiro atoms. The van der Waals surface area contributed by atoms with E-state index in [1.165, 1.54) is 7.11 Å². The van der Waals surface area contributed by atoms with Crippen LogP contribution >= 0.6 is 0 Å². The van der Waals surface area contributed by atoms with E-state index in [2.05, 4.69) is 21.8 Å². The van der Waals surface area contributed by atoms with Crippen molar-refractivity contribution in [3.63, 3.8) is 0 Å². The average Bonchev–Trinajstić information content (AvgIpc) is 2.96. The zero-order chi connectivity index (χ0) is 15.7. The van der Waals surface area contributed by atoms with Crippen molar-refractivity contribution in [2.75, 3.05) is 25.1 Å². The van der Waals surface area contributed by atoms with Crippen LogP contribution in [0.5, 0.6) is 0 Å². The molecule has 6 heteroatoms. The Balaban J connectivity index is 1.79. The number of ether oxygens (including phenoxy) is 1. The van der Waals surface area contributed by atoms with E-state index < -0.39 is 5.97 Å². The van der Waals surface area contributed by atoms with Crippen molar-refractivity contribution >= 4 is 17.7 Å². The lowest BCUT2D eigenvalue weighted by Crippen LogP contribution is -2.46. The molecule has 1 N–H and O–H groups in total. The maximum Gasteiger partial charge on any atom is 0.356 e. The highest BCUT2D eigenvalue weighted by Crippen LogP contribution is 2.40. The first-order valence-corrected chi connectivity index (χ1v) is 7.34. The second-order valence-corrected chi connectivity index (χ2v) is 5.88. The normalized spacial score (nSPS) is 24.5. The molecule has 1 unspecified atom stereocenters. The number of pyridine rings is 1. The van der Waals surface area contributed by atoms with Gasteiger partial charge in [0.2, 0.25) is 5.91 Å². The third kappa shape index (κ3) is 2.45. The molecule has 1 atom stereocenters. The lowest BCUT2D eigenvalue weighted by atomic mass is 9.78. The van der Waals surface area contributed by atoms with Crippen molar-refractivity contribution in [2.45, 2.75) is 19.3 Å². The summed E-state index contributed by atoms with van der Waals surface area (Å²) < 4.78 is 4.70. The summed E-state index contributed by atoms with van der Waals surface area (Å²) in [5, 5.41) is 2.87. The van der Waals surface area contributed by atoms with E-state index in [4.69, 9.17) is 4.74 Å². The second-order valence-electron chi connectivity index (χ2n) is 5.88. The quantitative estimate of drug-likeness (QED) is 0.838. The van der Waals surface area contributed by atoms with Crippen molar-refractivity contribution in [3.05, 3.63) is 36.2 Å². The van der Waals surface area contributed by atoms with Crippen LogP contribution in [0.2, 0.25) is 0 Å². The van der Waals surface area contributed by atoms with Crippen LogP contribution < -0.4 is 10.2 Å². The van der Waals surface area contributed by atoms with Crippen LogP contribution in [0.15, 0.2) is 30.5 Å². The molecule has 116 valence electrons. The van der Waals surface area contributed by atoms with E-state index in [0.29, 0.717) is 12.4 Å². The van der Waals surface area contributed by atoms with Gasteiger partial charge in [-0.05, 0) is 31.4 Å². The number of anilines is 1. The van der Waals surface area contributed by atoms with E-state index in [9.17, 15) is 9.59 Å². The Morgan fingerprint density at radius 3 is 3.00 bits per heavy atom. The van der Waals surface area contributed by atoms with E-state index in [-0.39, 0.29) is 17.0 Å². The summed E-state index contributed by atoms with van der Waals surface area (Å²) in [5.41, 5.74) is 0.701. The number of piperidine rings is 1. The highest BCUT2D eigenvalue weighted by Gasteiger charge is 2.46. The molecular formula is C16H19N3O3. The van der Waals surface area contributed by atoms with Crippen molar-refractivity contribution in [2.24, 2.45) is 5.41 Å². The molecule has 1 aromatic rings. The fraction of sp³-hybridized carbons (Fsp3) is 0.438. The van der Waals surface area contributed by atoms with Gasteiger partial charge in [0.25, 0.3) is 0 Å². The van der Waals surface area contributed by atoms with Gasteiger partial charge < -0.3 is 15.0 Å². The predicted molar refractivity (Wildman–Crippen MR) is 81.4 cm³/mol. The molecule has 0 aliphatic carbocycles. The summed E-state index contributed by atoms with van der Waals surface area (Å²) in [5.74, 6) is 0.301. The zero-order valence-corrected chi connectivity index (χ0v) is 12.6. The van der Waals surface area contributed by atoms with Crippen molar-refractivity contribution in [1.82, 2.24) is 10.3 Å². The maximum absolute atomic E-state index is 12.3. The van der Waals surface area contributed by atoms with Crippen molar-refractivity contribution in [3.8, 4) is 0 Å². The molecule has 22 heavy (non-hydrogen) atoms. The maximum atomic E-state index is 12.3. The van der Waals surface area contributed by atoms with Gasteiger partial charge in [-0.3, -0.25) is 4.79 Å². The van der Waals surface area contributed by atoms with Gasteiger partial charge in [-0.15, -0.1) is 0 Å². The number of carbonyl (C=O) groups is 2. The van der Waals surface area contributed by atoms with Crippen LogP contribution in [0, 0.1) is 5.41 Å². The fourth-order valence-corrected chi connectivity index (χ4v) is 3.13. The molecular weight excluding hydrogens is 282 g/mol. The van der Waals surface area contributed by atoms with Crippen LogP contribution in [0.4, 0.5) is 5.82 Å². The Morgan fingerprint density at radius 1 is 1.45 bits per heavy atom. The molecule has 0 saturated carbocycles. The first-order chi connectivity index (χ1) is 10.5. The Hall–Kier alpha value is -2.37. The predicted octanol–water partition coefficient (Wildman–Crippen LogP) is 1.49. The Bertz CT molecular complexity index is 643. The summed E-state index contributed by atoms with van der Waals surface area (Å²) >= 11 is 0. The van der Waals surface area contributed by atoms with Gasteiger partial charge in [-0.25, -0.2) is 9.78 Å². The number of amides is 1. The first kappa shape index (κ1) is 14.6. The third-order valence-electron chi connectivity index (χ3n) is 4.48. The molecule has 1 aromatic heterocycles. The monoisotopic (exact) mass is 301 g/mol. The molecule has 3 heterocycles. The summed E-state index contributed by atoms with van der Waals surface area (Å²) in [6.07, 6.45) is 2.41. The summed E-state index contributed by atoms with van der Waals surface area (Å²) in [6.45, 7) is 5.19. The first-order valence-electron chi connectivity index (χ1n) is 7.34. The molecule has 3 rings (SSSR count). The van der Waals surface area contributed by atoms with Gasteiger partial charge in [0.1, 0.15) is 5.82 Å². The number of carbonyl (C=O) groups excluding carboxylic acids is 2. The molecule has 6 nitrogen and oxygen atoms in total. The number of nitrogens with one attached hydrogen (secondary N) is 1. The summed E-state index contributed by atoms with van der Waals surface area (Å²) in [4.78, 5) is 30.3. The van der Waals surface area contributed by atoms with Crippen molar-refractivity contribution < 1.29 is 14.3 Å². The Kier molecular flexibility index (Phi) is 3.60. The number of allylic oxidation sites excluding steroid dienone is 1. The van der Waals surface area contributed by atoms with Crippen LogP contribution in [0.25, 0.3) is 0 Å². The topological polar surface area (TPSA) is 71.5 Å². The van der Waals surface area contributed by atoms with E-state index in [1.807, 2.05) is 6.07 Å². The van der Waals surface area contributed by atoms with Crippen LogP contribution in [-0.2, 0) is 9.53 Å². The lowest BCUT2D eigenvalue weighted by molar-refractivity contribution is -0.131. The van der Waals surface area contributed by atoms with Crippen LogP contribution in [-0.4, -0.2) is 37.1 Å². The van der Waals surface area contributed by atoms with E-state index >= 15 is 0 Å². The zero-order valence-electron chi connectivity index (χ0n) is 12.6. The second kappa shape index (κ2) is 5.44. The SMILES string of the molecule is C=C1CCC2(CCN(c3cccc(C(=O)OC)n3)C2)C(=O)N1. The van der Waals surface area contributed by atoms with Crippen molar-refractivity contribution in [1.29, 1.82) is 0 Å². The summed E-state index contributed by atoms with van der Waals surface area (Å²) in [6, 6.07) is 5.26. The number of rotatable bonds is 2. The number of nitrogens with zero attached hydrogens (tertiary/aromatic N) is 2. The van der Waals surface area contributed by atoms with Gasteiger partial charge >= 0.3 is 5.97 Å². The fourth-order valence-electron chi connectivity index (χ4n) is 3.13. The lowest BCUT2D eigenvalue weighted by Gasteiger charge is -2.33. The summed E-state index contributed by atoms with van der Waals surface area (Å²) in [7, 11) is 1.33. The number of hydrogen-bond donors (Lipinski definition) is 1. The largest absolute Gasteiger partial charge is 0.464 e. The van der Waals surface area contributed by atoms with Gasteiger partial charge in [-0.1, -0.05) is 12.6 Å². The van der Waals surface area contributed by atoms with Crippen LogP contribution in [0.3, 0.4) is 0 Å². The minimum Gasteiger partial charge on any atom is -0.464 e. The Labute approximate surface area is 129 Å². The molecule has 1 amide bonds. The average molecular weight is 301 g/mol. The highest BCUT2D eigenvalue weighted by atomic mass is 16.5. The smallest absolute Gasteiger partial charge is 0.356 e. The van der Waals surface area contributed by atoms with Gasteiger partial charge in [0.05, 0.1) is 12.5 Å². The minimum absolute atomic E-state index is 0.0513. The van der Waals surface area contributed by atoms with Gasteiger partial charge in [-0.2, -0.15) is 0 Å². The third-order valence-corrected chi connectivity index (χ3v) is 4.48. The standard InChI is InChI=1S/C16H19N3O3/c1-11-6-7-16(15(21)17-11)8-9-19(10-16)13-5-3-4-12(18-13)14(20)22-2/h3-5H,1,6-10H2,2H3,(H,17,21). The number of methoxy groups -OCH3 is 1. The molecule has 2 aliphatic rings. The minimum atomic E-state index is -0.456. The number of hydrogen-bond acceptors (Lipinski definition) is 5. The molecule has 2 aliphatic heterocycles. The van der Waals surface area contributed by atoms with Gasteiger partial charge in [0, 0.05) is 18.8 Å². The Morgan fingerprint density at radius 2 is 2.27 bits per heavy atom. The molecule has 2 fully saturated rings. The van der Waals surface area contributed by atoms with E-state index in [0.717, 1.165) is 31.5 Å². The number of esters is 1. The molecule has 2 saturated heterocycles. The van der Waals surface area contributed by atoms with E-state index in [1.54, 1.807) is 12.1 Å². The van der Waals surface area contributed by atoms with Gasteiger partial charge in [0.15, 0.2) is 5.69 Å². The highest BCUT2D eigenvalue weighted by molar-refractivity contribution is 5.88. The molecule has 0 radical (unpaired) electrons. The van der Waals surface area contributed by atoms with Crippen LogP contribution in [0.1, 0.15) is 29.8 Å². The molecule has 0 bridgehead atoms. The molecule has 0 aromatic carbocycles.